The summed E-state index contributed by atoms with van der Waals surface area (Å²) in [6.45, 7) is 5.03. The number of hydrogen-bond donors (Lipinski definition) is 1. The van der Waals surface area contributed by atoms with Crippen LogP contribution in [0.2, 0.25) is 10.0 Å². The first-order chi connectivity index (χ1) is 8.15. The van der Waals surface area contributed by atoms with E-state index in [0.29, 0.717) is 5.02 Å². The first kappa shape index (κ1) is 13.1. The number of rotatable bonds is 3. The smallest absolute Gasteiger partial charge is 0.0466 e. The minimum absolute atomic E-state index is 0.679. The molecule has 0 aromatic heterocycles. The van der Waals surface area contributed by atoms with E-state index in [0.717, 1.165) is 43.3 Å². The van der Waals surface area contributed by atoms with E-state index < -0.39 is 0 Å². The van der Waals surface area contributed by atoms with Crippen LogP contribution in [0.25, 0.3) is 0 Å². The van der Waals surface area contributed by atoms with Gasteiger partial charge in [0, 0.05) is 42.8 Å². The molecule has 1 saturated heterocycles. The van der Waals surface area contributed by atoms with Crippen LogP contribution in [0.3, 0.4) is 0 Å². The third-order valence-electron chi connectivity index (χ3n) is 3.01. The lowest BCUT2D eigenvalue weighted by Gasteiger charge is -2.32. The highest BCUT2D eigenvalue weighted by Gasteiger charge is 2.13. The summed E-state index contributed by atoms with van der Waals surface area (Å²) in [7, 11) is 2.15. The maximum absolute atomic E-state index is 6.12. The molecule has 1 aromatic rings. The number of piperazine rings is 1. The Hall–Kier alpha value is -0.320. The molecule has 0 unspecified atom stereocenters. The van der Waals surface area contributed by atoms with Gasteiger partial charge in [0.25, 0.3) is 0 Å². The molecule has 2 rings (SSSR count). The number of nitrogens with zero attached hydrogens (tertiary/aromatic N) is 2. The minimum atomic E-state index is 0.679. The van der Waals surface area contributed by atoms with Crippen LogP contribution in [-0.4, -0.2) is 43.1 Å². The van der Waals surface area contributed by atoms with Gasteiger partial charge in [-0.25, -0.2) is 5.01 Å². The molecular formula is C12H17Cl2N3. The summed E-state index contributed by atoms with van der Waals surface area (Å²) in [5.41, 5.74) is 4.48. The second-order valence-corrected chi connectivity index (χ2v) is 5.20. The fourth-order valence-corrected chi connectivity index (χ4v) is 2.30. The highest BCUT2D eigenvalue weighted by molar-refractivity contribution is 6.35. The van der Waals surface area contributed by atoms with Gasteiger partial charge in [0.05, 0.1) is 0 Å². The molecule has 0 saturated carbocycles. The zero-order valence-corrected chi connectivity index (χ0v) is 11.4. The molecule has 1 aliphatic heterocycles. The molecule has 0 amide bonds. The Morgan fingerprint density at radius 1 is 1.18 bits per heavy atom. The SMILES string of the molecule is CN1CCN(NCc2ccc(Cl)cc2Cl)CC1. The molecule has 94 valence electrons. The van der Waals surface area contributed by atoms with Gasteiger partial charge in [-0.3, -0.25) is 5.43 Å². The van der Waals surface area contributed by atoms with E-state index in [9.17, 15) is 0 Å². The van der Waals surface area contributed by atoms with Crippen LogP contribution < -0.4 is 5.43 Å². The average molecular weight is 274 g/mol. The Kier molecular flexibility index (Phi) is 4.65. The number of likely N-dealkylation sites (N-methyl/N-ethyl adjacent to an activating group) is 1. The van der Waals surface area contributed by atoms with Crippen molar-refractivity contribution >= 4 is 23.2 Å². The third-order valence-corrected chi connectivity index (χ3v) is 3.60. The third kappa shape index (κ3) is 3.83. The minimum Gasteiger partial charge on any atom is -0.304 e. The van der Waals surface area contributed by atoms with Crippen molar-refractivity contribution in [2.24, 2.45) is 0 Å². The van der Waals surface area contributed by atoms with E-state index in [2.05, 4.69) is 22.4 Å². The molecule has 0 spiro atoms. The lowest BCUT2D eigenvalue weighted by atomic mass is 10.2. The van der Waals surface area contributed by atoms with Gasteiger partial charge in [-0.2, -0.15) is 0 Å². The molecule has 5 heteroatoms. The van der Waals surface area contributed by atoms with Gasteiger partial charge in [-0.15, -0.1) is 0 Å². The van der Waals surface area contributed by atoms with Crippen LogP contribution in [-0.2, 0) is 6.54 Å². The zero-order chi connectivity index (χ0) is 12.3. The Bertz CT molecular complexity index is 376. The fourth-order valence-electron chi connectivity index (χ4n) is 1.83. The van der Waals surface area contributed by atoms with Gasteiger partial charge >= 0.3 is 0 Å². The van der Waals surface area contributed by atoms with Crippen molar-refractivity contribution in [2.45, 2.75) is 6.54 Å². The van der Waals surface area contributed by atoms with Gasteiger partial charge in [0.15, 0.2) is 0 Å². The van der Waals surface area contributed by atoms with Gasteiger partial charge < -0.3 is 4.90 Å². The van der Waals surface area contributed by atoms with Crippen molar-refractivity contribution in [1.82, 2.24) is 15.3 Å². The molecule has 1 aromatic carbocycles. The molecule has 0 bridgehead atoms. The van der Waals surface area contributed by atoms with Crippen LogP contribution >= 0.6 is 23.2 Å². The Morgan fingerprint density at radius 2 is 1.88 bits per heavy atom. The topological polar surface area (TPSA) is 18.5 Å². The van der Waals surface area contributed by atoms with Crippen LogP contribution in [0.1, 0.15) is 5.56 Å². The van der Waals surface area contributed by atoms with Crippen molar-refractivity contribution in [3.63, 3.8) is 0 Å². The summed E-state index contributed by atoms with van der Waals surface area (Å²) in [4.78, 5) is 2.33. The van der Waals surface area contributed by atoms with Crippen molar-refractivity contribution in [3.8, 4) is 0 Å². The van der Waals surface area contributed by atoms with Crippen molar-refractivity contribution < 1.29 is 0 Å². The van der Waals surface area contributed by atoms with Gasteiger partial charge in [0.1, 0.15) is 0 Å². The van der Waals surface area contributed by atoms with Crippen LogP contribution in [0.4, 0.5) is 0 Å². The predicted molar refractivity (Wildman–Crippen MR) is 72.4 cm³/mol. The Balaban J connectivity index is 1.85. The number of hydrazine groups is 1. The molecule has 0 radical (unpaired) electrons. The van der Waals surface area contributed by atoms with Gasteiger partial charge in [-0.1, -0.05) is 29.3 Å². The first-order valence-corrected chi connectivity index (χ1v) is 6.51. The monoisotopic (exact) mass is 273 g/mol. The van der Waals surface area contributed by atoms with E-state index in [1.165, 1.54) is 0 Å². The van der Waals surface area contributed by atoms with Crippen molar-refractivity contribution in [2.75, 3.05) is 33.2 Å². The predicted octanol–water partition coefficient (Wildman–Crippen LogP) is 2.25. The summed E-state index contributed by atoms with van der Waals surface area (Å²) >= 11 is 12.0. The average Bonchev–Trinajstić information content (AvgIpc) is 2.30. The van der Waals surface area contributed by atoms with Gasteiger partial charge in [-0.05, 0) is 24.7 Å². The standard InChI is InChI=1S/C12H17Cl2N3/c1-16-4-6-17(7-5-16)15-9-10-2-3-11(13)8-12(10)14/h2-3,8,15H,4-7,9H2,1H3. The molecule has 3 nitrogen and oxygen atoms in total. The summed E-state index contributed by atoms with van der Waals surface area (Å²) in [6, 6.07) is 5.62. The van der Waals surface area contributed by atoms with Crippen LogP contribution in [0, 0.1) is 0 Å². The first-order valence-electron chi connectivity index (χ1n) is 5.76. The quantitative estimate of drug-likeness (QED) is 0.912. The van der Waals surface area contributed by atoms with E-state index in [1.54, 1.807) is 6.07 Å². The lowest BCUT2D eigenvalue weighted by molar-refractivity contribution is 0.102. The molecule has 0 atom stereocenters. The Labute approximate surface area is 112 Å². The molecule has 1 aliphatic rings. The zero-order valence-electron chi connectivity index (χ0n) is 9.92. The number of benzene rings is 1. The molecule has 17 heavy (non-hydrogen) atoms. The van der Waals surface area contributed by atoms with E-state index in [-0.39, 0.29) is 0 Å². The maximum atomic E-state index is 6.12. The number of nitrogens with one attached hydrogen (secondary N) is 1. The van der Waals surface area contributed by atoms with E-state index in [4.69, 9.17) is 23.2 Å². The van der Waals surface area contributed by atoms with Crippen molar-refractivity contribution in [1.29, 1.82) is 0 Å². The highest BCUT2D eigenvalue weighted by atomic mass is 35.5. The molecule has 1 N–H and O–H groups in total. The summed E-state index contributed by atoms with van der Waals surface area (Å²) in [5, 5.41) is 3.64. The maximum Gasteiger partial charge on any atom is 0.0466 e. The molecule has 1 fully saturated rings. The normalized spacial score (nSPS) is 18.5. The van der Waals surface area contributed by atoms with Crippen molar-refractivity contribution in [3.05, 3.63) is 33.8 Å². The lowest BCUT2D eigenvalue weighted by Crippen LogP contribution is -2.50. The molecule has 0 aliphatic carbocycles. The van der Waals surface area contributed by atoms with Crippen LogP contribution in [0.5, 0.6) is 0 Å². The summed E-state index contributed by atoms with van der Waals surface area (Å²) in [5.74, 6) is 0. The Morgan fingerprint density at radius 3 is 2.53 bits per heavy atom. The van der Waals surface area contributed by atoms with E-state index in [1.807, 2.05) is 12.1 Å². The number of halogens is 2. The summed E-state index contributed by atoms with van der Waals surface area (Å²) < 4.78 is 0. The summed E-state index contributed by atoms with van der Waals surface area (Å²) in [6.07, 6.45) is 0. The van der Waals surface area contributed by atoms with Gasteiger partial charge in [0.2, 0.25) is 0 Å². The fraction of sp³-hybridized carbons (Fsp3) is 0.500. The second kappa shape index (κ2) is 6.03. The van der Waals surface area contributed by atoms with E-state index >= 15 is 0 Å². The number of hydrogen-bond acceptors (Lipinski definition) is 3. The molecular weight excluding hydrogens is 257 g/mol. The largest absolute Gasteiger partial charge is 0.304 e. The highest BCUT2D eigenvalue weighted by Crippen LogP contribution is 2.20. The molecule has 1 heterocycles. The second-order valence-electron chi connectivity index (χ2n) is 4.36. The van der Waals surface area contributed by atoms with Crippen LogP contribution in [0.15, 0.2) is 18.2 Å².